The number of benzene rings is 2. The first-order valence-corrected chi connectivity index (χ1v) is 7.84. The van der Waals surface area contributed by atoms with Crippen molar-refractivity contribution in [3.63, 3.8) is 0 Å². The van der Waals surface area contributed by atoms with E-state index in [2.05, 4.69) is 5.32 Å². The molecule has 3 N–H and O–H groups in total. The van der Waals surface area contributed by atoms with Crippen molar-refractivity contribution in [2.75, 3.05) is 5.73 Å². The highest BCUT2D eigenvalue weighted by molar-refractivity contribution is 6.33. The van der Waals surface area contributed by atoms with E-state index < -0.39 is 12.1 Å². The Hall–Kier alpha value is -2.53. The summed E-state index contributed by atoms with van der Waals surface area (Å²) in [4.78, 5) is 24.1. The summed E-state index contributed by atoms with van der Waals surface area (Å²) in [6.07, 6.45) is -0.917. The number of amides is 1. The average molecular weight is 347 g/mol. The number of hydrogen-bond donors (Lipinski definition) is 2. The molecule has 2 aromatic carbocycles. The van der Waals surface area contributed by atoms with Crippen molar-refractivity contribution in [3.05, 3.63) is 64.2 Å². The number of nitrogens with one attached hydrogen (secondary N) is 1. The Morgan fingerprint density at radius 2 is 1.88 bits per heavy atom. The quantitative estimate of drug-likeness (QED) is 0.644. The molecule has 2 rings (SSSR count). The molecular weight excluding hydrogens is 328 g/mol. The Kier molecular flexibility index (Phi) is 5.82. The van der Waals surface area contributed by atoms with Crippen LogP contribution in [0.5, 0.6) is 0 Å². The van der Waals surface area contributed by atoms with Gasteiger partial charge >= 0.3 is 5.97 Å². The summed E-state index contributed by atoms with van der Waals surface area (Å²) >= 11 is 5.81. The summed E-state index contributed by atoms with van der Waals surface area (Å²) in [6.45, 7) is 3.88. The minimum atomic E-state index is -0.917. The van der Waals surface area contributed by atoms with Crippen molar-refractivity contribution >= 4 is 29.2 Å². The number of carbonyl (C=O) groups is 2. The van der Waals surface area contributed by atoms with Gasteiger partial charge in [0.05, 0.1) is 16.3 Å². The van der Waals surface area contributed by atoms with Crippen molar-refractivity contribution < 1.29 is 14.3 Å². The molecule has 6 heteroatoms. The minimum Gasteiger partial charge on any atom is -0.449 e. The standard InChI is InChI=1S/C18H19ClN2O3/c1-11-3-5-13(6-4-11)10-21-17(22)12(2)24-18(23)14-7-8-15(19)16(20)9-14/h3-9,12H,10,20H2,1-2H3,(H,21,22)/t12-/m1/s1. The third-order valence-electron chi connectivity index (χ3n) is 3.47. The van der Waals surface area contributed by atoms with Crippen LogP contribution in [0, 0.1) is 6.92 Å². The minimum absolute atomic E-state index is 0.245. The van der Waals surface area contributed by atoms with Gasteiger partial charge in [-0.2, -0.15) is 0 Å². The largest absolute Gasteiger partial charge is 0.449 e. The van der Waals surface area contributed by atoms with Crippen LogP contribution in [0.3, 0.4) is 0 Å². The van der Waals surface area contributed by atoms with E-state index in [1.807, 2.05) is 31.2 Å². The van der Waals surface area contributed by atoms with Crippen LogP contribution >= 0.6 is 11.6 Å². The third-order valence-corrected chi connectivity index (χ3v) is 3.82. The van der Waals surface area contributed by atoms with Crippen molar-refractivity contribution in [3.8, 4) is 0 Å². The van der Waals surface area contributed by atoms with Gasteiger partial charge < -0.3 is 15.8 Å². The lowest BCUT2D eigenvalue weighted by Gasteiger charge is -2.14. The van der Waals surface area contributed by atoms with Gasteiger partial charge in [0, 0.05) is 6.54 Å². The van der Waals surface area contributed by atoms with Crippen LogP contribution in [0.15, 0.2) is 42.5 Å². The predicted octanol–water partition coefficient (Wildman–Crippen LogP) is 3.09. The summed E-state index contributed by atoms with van der Waals surface area (Å²) in [5.74, 6) is -0.998. The van der Waals surface area contributed by atoms with E-state index in [9.17, 15) is 9.59 Å². The van der Waals surface area contributed by atoms with Gasteiger partial charge in [-0.15, -0.1) is 0 Å². The van der Waals surface area contributed by atoms with Crippen molar-refractivity contribution in [1.29, 1.82) is 0 Å². The molecule has 0 aliphatic heterocycles. The van der Waals surface area contributed by atoms with E-state index in [-0.39, 0.29) is 17.2 Å². The number of nitrogen functional groups attached to an aromatic ring is 1. The van der Waals surface area contributed by atoms with Crippen LogP contribution in [0.2, 0.25) is 5.02 Å². The van der Waals surface area contributed by atoms with Gasteiger partial charge in [-0.1, -0.05) is 41.4 Å². The van der Waals surface area contributed by atoms with Crippen molar-refractivity contribution in [2.24, 2.45) is 0 Å². The first-order valence-electron chi connectivity index (χ1n) is 7.46. The highest BCUT2D eigenvalue weighted by atomic mass is 35.5. The molecular formula is C18H19ClN2O3. The van der Waals surface area contributed by atoms with Gasteiger partial charge in [0.15, 0.2) is 6.10 Å². The second-order valence-electron chi connectivity index (χ2n) is 5.49. The summed E-state index contributed by atoms with van der Waals surface area (Å²) in [7, 11) is 0. The molecule has 0 spiro atoms. The SMILES string of the molecule is Cc1ccc(CNC(=O)[C@@H](C)OC(=O)c2ccc(Cl)c(N)c2)cc1. The molecule has 0 saturated heterocycles. The highest BCUT2D eigenvalue weighted by Crippen LogP contribution is 2.20. The van der Waals surface area contributed by atoms with Crippen LogP contribution in [-0.2, 0) is 16.1 Å². The van der Waals surface area contributed by atoms with Gasteiger partial charge in [0.25, 0.3) is 5.91 Å². The maximum Gasteiger partial charge on any atom is 0.338 e. The lowest BCUT2D eigenvalue weighted by molar-refractivity contribution is -0.129. The van der Waals surface area contributed by atoms with Crippen LogP contribution in [0.1, 0.15) is 28.4 Å². The van der Waals surface area contributed by atoms with Gasteiger partial charge in [0.2, 0.25) is 0 Å². The van der Waals surface area contributed by atoms with E-state index in [4.69, 9.17) is 22.1 Å². The summed E-state index contributed by atoms with van der Waals surface area (Å²) in [6, 6.07) is 12.2. The van der Waals surface area contributed by atoms with Gasteiger partial charge in [-0.25, -0.2) is 4.79 Å². The van der Waals surface area contributed by atoms with Crippen LogP contribution in [-0.4, -0.2) is 18.0 Å². The Bertz CT molecular complexity index is 744. The fourth-order valence-electron chi connectivity index (χ4n) is 1.99. The van der Waals surface area contributed by atoms with Crippen LogP contribution < -0.4 is 11.1 Å². The number of nitrogens with two attached hydrogens (primary N) is 1. The number of halogens is 1. The van der Waals surface area contributed by atoms with Gasteiger partial charge in [-0.05, 0) is 37.6 Å². The van der Waals surface area contributed by atoms with E-state index in [0.717, 1.165) is 11.1 Å². The molecule has 0 heterocycles. The van der Waals surface area contributed by atoms with E-state index in [1.165, 1.54) is 25.1 Å². The molecule has 1 amide bonds. The van der Waals surface area contributed by atoms with Crippen LogP contribution in [0.25, 0.3) is 0 Å². The maximum absolute atomic E-state index is 12.0. The zero-order chi connectivity index (χ0) is 17.7. The average Bonchev–Trinajstić information content (AvgIpc) is 2.56. The lowest BCUT2D eigenvalue weighted by atomic mass is 10.1. The molecule has 5 nitrogen and oxygen atoms in total. The highest BCUT2D eigenvalue weighted by Gasteiger charge is 2.19. The lowest BCUT2D eigenvalue weighted by Crippen LogP contribution is -2.35. The molecule has 1 atom stereocenters. The zero-order valence-corrected chi connectivity index (χ0v) is 14.3. The van der Waals surface area contributed by atoms with E-state index >= 15 is 0 Å². The predicted molar refractivity (Wildman–Crippen MR) is 93.8 cm³/mol. The Morgan fingerprint density at radius 1 is 1.21 bits per heavy atom. The molecule has 2 aromatic rings. The monoisotopic (exact) mass is 346 g/mol. The Balaban J connectivity index is 1.89. The molecule has 126 valence electrons. The summed E-state index contributed by atoms with van der Waals surface area (Å²) < 4.78 is 5.15. The van der Waals surface area contributed by atoms with E-state index in [1.54, 1.807) is 0 Å². The molecule has 0 saturated carbocycles. The maximum atomic E-state index is 12.0. The third kappa shape index (κ3) is 4.73. The number of aryl methyl sites for hydroxylation is 1. The Labute approximate surface area is 145 Å². The van der Waals surface area contributed by atoms with Crippen molar-refractivity contribution in [1.82, 2.24) is 5.32 Å². The molecule has 0 aliphatic rings. The number of carbonyl (C=O) groups excluding carboxylic acids is 2. The smallest absolute Gasteiger partial charge is 0.338 e. The fourth-order valence-corrected chi connectivity index (χ4v) is 2.11. The molecule has 0 bridgehead atoms. The van der Waals surface area contributed by atoms with Gasteiger partial charge in [0.1, 0.15) is 0 Å². The number of rotatable bonds is 5. The molecule has 0 unspecified atom stereocenters. The molecule has 0 fully saturated rings. The number of anilines is 1. The summed E-state index contributed by atoms with van der Waals surface area (Å²) in [5.41, 5.74) is 8.30. The fraction of sp³-hybridized carbons (Fsp3) is 0.222. The number of ether oxygens (including phenoxy) is 1. The van der Waals surface area contributed by atoms with E-state index in [0.29, 0.717) is 11.6 Å². The topological polar surface area (TPSA) is 81.4 Å². The second-order valence-corrected chi connectivity index (χ2v) is 5.89. The zero-order valence-electron chi connectivity index (χ0n) is 13.5. The number of hydrogen-bond acceptors (Lipinski definition) is 4. The molecule has 24 heavy (non-hydrogen) atoms. The van der Waals surface area contributed by atoms with Crippen LogP contribution in [0.4, 0.5) is 5.69 Å². The van der Waals surface area contributed by atoms with Gasteiger partial charge in [-0.3, -0.25) is 4.79 Å². The first kappa shape index (κ1) is 17.8. The summed E-state index contributed by atoms with van der Waals surface area (Å²) in [5, 5.41) is 3.09. The first-order chi connectivity index (χ1) is 11.4. The molecule has 0 aromatic heterocycles. The van der Waals surface area contributed by atoms with Crippen molar-refractivity contribution in [2.45, 2.75) is 26.5 Å². The Morgan fingerprint density at radius 3 is 2.50 bits per heavy atom. The molecule has 0 aliphatic carbocycles. The number of esters is 1. The second kappa shape index (κ2) is 7.84. The normalized spacial score (nSPS) is 11.6. The molecule has 0 radical (unpaired) electrons.